The molecule has 0 aliphatic carbocycles. The van der Waals surface area contributed by atoms with Crippen LogP contribution in [-0.4, -0.2) is 9.97 Å². The van der Waals surface area contributed by atoms with Crippen molar-refractivity contribution in [3.8, 4) is 11.1 Å². The third kappa shape index (κ3) is 3.11. The molecule has 2 nitrogen and oxygen atoms in total. The molecule has 4 aromatic rings. The SMILES string of the molecule is C/C=C\C(=C/C)c1cc(C)nc2c1ccc1c(-c3ccccc3)cc(C)nc12. The van der Waals surface area contributed by atoms with Gasteiger partial charge >= 0.3 is 0 Å². The molecule has 0 unspecified atom stereocenters. The molecule has 0 fully saturated rings. The van der Waals surface area contributed by atoms with Gasteiger partial charge in [0.25, 0.3) is 0 Å². The van der Waals surface area contributed by atoms with E-state index in [-0.39, 0.29) is 0 Å². The van der Waals surface area contributed by atoms with Gasteiger partial charge in [0.05, 0.1) is 11.0 Å². The van der Waals surface area contributed by atoms with Crippen molar-refractivity contribution in [2.24, 2.45) is 0 Å². The van der Waals surface area contributed by atoms with E-state index < -0.39 is 0 Å². The van der Waals surface area contributed by atoms with Crippen molar-refractivity contribution >= 4 is 27.4 Å². The molecular formula is C26H24N2. The van der Waals surface area contributed by atoms with E-state index in [0.717, 1.165) is 33.2 Å². The maximum absolute atomic E-state index is 4.90. The highest BCUT2D eigenvalue weighted by Gasteiger charge is 2.14. The van der Waals surface area contributed by atoms with Gasteiger partial charge in [0.15, 0.2) is 0 Å². The topological polar surface area (TPSA) is 25.8 Å². The Labute approximate surface area is 166 Å². The summed E-state index contributed by atoms with van der Waals surface area (Å²) in [5.74, 6) is 0. The molecule has 138 valence electrons. The standard InChI is InChI=1S/C26H24N2/c1-5-10-19(6-2)23-15-17(3)27-25-21(23)13-14-22-24(16-18(4)28-26(22)25)20-11-8-7-9-12-20/h5-16H,1-4H3/b10-5-,19-6+. The Bertz CT molecular complexity index is 1230. The average molecular weight is 364 g/mol. The number of aromatic nitrogens is 2. The van der Waals surface area contributed by atoms with Crippen LogP contribution in [0.2, 0.25) is 0 Å². The molecule has 28 heavy (non-hydrogen) atoms. The van der Waals surface area contributed by atoms with Crippen LogP contribution in [-0.2, 0) is 0 Å². The zero-order chi connectivity index (χ0) is 19.7. The summed E-state index contributed by atoms with van der Waals surface area (Å²) in [6.07, 6.45) is 6.38. The third-order valence-electron chi connectivity index (χ3n) is 5.07. The predicted molar refractivity (Wildman–Crippen MR) is 120 cm³/mol. The van der Waals surface area contributed by atoms with E-state index in [1.807, 2.05) is 13.0 Å². The van der Waals surface area contributed by atoms with E-state index in [2.05, 4.69) is 87.5 Å². The van der Waals surface area contributed by atoms with Crippen LogP contribution in [0.5, 0.6) is 0 Å². The van der Waals surface area contributed by atoms with Gasteiger partial charge in [-0.3, -0.25) is 9.97 Å². The first kappa shape index (κ1) is 18.1. The molecular weight excluding hydrogens is 340 g/mol. The Hall–Kier alpha value is -3.26. The maximum atomic E-state index is 4.90. The average Bonchev–Trinajstić information content (AvgIpc) is 2.71. The number of aryl methyl sites for hydroxylation is 2. The summed E-state index contributed by atoms with van der Waals surface area (Å²) in [6, 6.07) is 19.2. The van der Waals surface area contributed by atoms with Crippen LogP contribution in [0.15, 0.2) is 72.8 Å². The van der Waals surface area contributed by atoms with Crippen LogP contribution in [0.1, 0.15) is 30.8 Å². The second kappa shape index (κ2) is 7.40. The van der Waals surface area contributed by atoms with E-state index in [4.69, 9.17) is 9.97 Å². The molecule has 4 rings (SSSR count). The summed E-state index contributed by atoms with van der Waals surface area (Å²) in [7, 11) is 0. The molecule has 0 amide bonds. The fraction of sp³-hybridized carbons (Fsp3) is 0.154. The fourth-order valence-electron chi connectivity index (χ4n) is 3.85. The summed E-state index contributed by atoms with van der Waals surface area (Å²) in [5, 5.41) is 2.28. The molecule has 0 radical (unpaired) electrons. The van der Waals surface area contributed by atoms with Gasteiger partial charge in [0.2, 0.25) is 0 Å². The molecule has 0 atom stereocenters. The number of nitrogens with zero attached hydrogens (tertiary/aromatic N) is 2. The van der Waals surface area contributed by atoms with Crippen LogP contribution in [0, 0.1) is 13.8 Å². The number of hydrogen-bond donors (Lipinski definition) is 0. The Morgan fingerprint density at radius 2 is 1.43 bits per heavy atom. The molecule has 2 heteroatoms. The van der Waals surface area contributed by atoms with Gasteiger partial charge < -0.3 is 0 Å². The van der Waals surface area contributed by atoms with Gasteiger partial charge in [-0.25, -0.2) is 0 Å². The fourth-order valence-corrected chi connectivity index (χ4v) is 3.85. The highest BCUT2D eigenvalue weighted by Crippen LogP contribution is 2.35. The monoisotopic (exact) mass is 364 g/mol. The predicted octanol–water partition coefficient (Wildman–Crippen LogP) is 7.05. The third-order valence-corrected chi connectivity index (χ3v) is 5.07. The zero-order valence-corrected chi connectivity index (χ0v) is 16.8. The van der Waals surface area contributed by atoms with Crippen molar-refractivity contribution < 1.29 is 0 Å². The first-order valence-electron chi connectivity index (χ1n) is 9.69. The lowest BCUT2D eigenvalue weighted by atomic mass is 9.95. The lowest BCUT2D eigenvalue weighted by molar-refractivity contribution is 1.23. The number of benzene rings is 2. The molecule has 2 aromatic heterocycles. The number of fused-ring (bicyclic) bond motifs is 3. The summed E-state index contributed by atoms with van der Waals surface area (Å²) >= 11 is 0. The van der Waals surface area contributed by atoms with E-state index in [9.17, 15) is 0 Å². The Morgan fingerprint density at radius 3 is 2.11 bits per heavy atom. The minimum absolute atomic E-state index is 0.970. The Balaban J connectivity index is 2.11. The van der Waals surface area contributed by atoms with E-state index in [1.165, 1.54) is 22.3 Å². The normalized spacial score (nSPS) is 12.4. The van der Waals surface area contributed by atoms with Crippen LogP contribution >= 0.6 is 0 Å². The minimum Gasteiger partial charge on any atom is -0.251 e. The van der Waals surface area contributed by atoms with Crippen molar-refractivity contribution in [3.05, 3.63) is 89.8 Å². The number of hydrogen-bond acceptors (Lipinski definition) is 2. The van der Waals surface area contributed by atoms with Crippen molar-refractivity contribution in [2.45, 2.75) is 27.7 Å². The zero-order valence-electron chi connectivity index (χ0n) is 16.8. The molecule has 0 bridgehead atoms. The van der Waals surface area contributed by atoms with Gasteiger partial charge in [-0.15, -0.1) is 0 Å². The lowest BCUT2D eigenvalue weighted by Crippen LogP contribution is -1.96. The molecule has 2 aromatic carbocycles. The van der Waals surface area contributed by atoms with Crippen molar-refractivity contribution in [1.29, 1.82) is 0 Å². The highest BCUT2D eigenvalue weighted by atomic mass is 14.8. The number of rotatable bonds is 3. The van der Waals surface area contributed by atoms with Crippen LogP contribution in [0.25, 0.3) is 38.5 Å². The van der Waals surface area contributed by atoms with E-state index >= 15 is 0 Å². The molecule has 0 N–H and O–H groups in total. The highest BCUT2D eigenvalue weighted by molar-refractivity contribution is 6.11. The first-order valence-corrected chi connectivity index (χ1v) is 9.69. The smallest absolute Gasteiger partial charge is 0.0974 e. The van der Waals surface area contributed by atoms with Crippen LogP contribution in [0.4, 0.5) is 0 Å². The van der Waals surface area contributed by atoms with Crippen LogP contribution < -0.4 is 0 Å². The van der Waals surface area contributed by atoms with Gasteiger partial charge in [-0.05, 0) is 62.1 Å². The molecule has 0 aliphatic rings. The van der Waals surface area contributed by atoms with Crippen molar-refractivity contribution in [3.63, 3.8) is 0 Å². The molecule has 0 spiro atoms. The molecule has 0 aliphatic heterocycles. The minimum atomic E-state index is 0.970. The van der Waals surface area contributed by atoms with Gasteiger partial charge in [-0.1, -0.05) is 60.7 Å². The van der Waals surface area contributed by atoms with Crippen molar-refractivity contribution in [2.75, 3.05) is 0 Å². The van der Waals surface area contributed by atoms with E-state index in [1.54, 1.807) is 0 Å². The lowest BCUT2D eigenvalue weighted by Gasteiger charge is -2.13. The van der Waals surface area contributed by atoms with E-state index in [0.29, 0.717) is 0 Å². The van der Waals surface area contributed by atoms with Crippen molar-refractivity contribution in [1.82, 2.24) is 9.97 Å². The Kier molecular flexibility index (Phi) is 4.79. The first-order chi connectivity index (χ1) is 13.6. The molecule has 0 saturated heterocycles. The van der Waals surface area contributed by atoms with Gasteiger partial charge in [0.1, 0.15) is 0 Å². The molecule has 2 heterocycles. The van der Waals surface area contributed by atoms with Crippen LogP contribution in [0.3, 0.4) is 0 Å². The second-order valence-electron chi connectivity index (χ2n) is 7.09. The number of pyridine rings is 2. The maximum Gasteiger partial charge on any atom is 0.0974 e. The van der Waals surface area contributed by atoms with Gasteiger partial charge in [0, 0.05) is 22.2 Å². The quantitative estimate of drug-likeness (QED) is 0.287. The second-order valence-corrected chi connectivity index (χ2v) is 7.09. The summed E-state index contributed by atoms with van der Waals surface area (Å²) in [6.45, 7) is 8.23. The summed E-state index contributed by atoms with van der Waals surface area (Å²) in [4.78, 5) is 9.81. The Morgan fingerprint density at radius 1 is 0.786 bits per heavy atom. The van der Waals surface area contributed by atoms with Gasteiger partial charge in [-0.2, -0.15) is 0 Å². The summed E-state index contributed by atoms with van der Waals surface area (Å²) < 4.78 is 0. The molecule has 0 saturated carbocycles. The largest absolute Gasteiger partial charge is 0.251 e. The number of allylic oxidation sites excluding steroid dienone is 4. The summed E-state index contributed by atoms with van der Waals surface area (Å²) in [5.41, 5.74) is 8.76.